The molecule has 0 saturated carbocycles. The standard InChI is InChI=1S/C29H40FNO3Si/c1-10-28(7,27(4,5)6)29(26(32)33,34-35(8)9)25-24(20-15-17-21(30)18-16-20)22-13-11-12-14-23(22)31(25)19(2)3/h11-19,35H,10H2,1-9H3,(H,32,33)/t28-,29?/m0/s1. The summed E-state index contributed by atoms with van der Waals surface area (Å²) in [5, 5.41) is 12.2. The second-order valence-electron chi connectivity index (χ2n) is 11.3. The molecular weight excluding hydrogens is 457 g/mol. The van der Waals surface area contributed by atoms with E-state index in [-0.39, 0.29) is 11.9 Å². The molecule has 3 aromatic rings. The van der Waals surface area contributed by atoms with Gasteiger partial charge in [-0.3, -0.25) is 0 Å². The van der Waals surface area contributed by atoms with Crippen molar-refractivity contribution in [3.63, 3.8) is 0 Å². The predicted octanol–water partition coefficient (Wildman–Crippen LogP) is 7.77. The maximum atomic E-state index is 14.0. The van der Waals surface area contributed by atoms with Crippen LogP contribution in [0.25, 0.3) is 22.0 Å². The van der Waals surface area contributed by atoms with Gasteiger partial charge in [-0.15, -0.1) is 0 Å². The van der Waals surface area contributed by atoms with Gasteiger partial charge < -0.3 is 14.1 Å². The van der Waals surface area contributed by atoms with Crippen molar-refractivity contribution >= 4 is 25.9 Å². The topological polar surface area (TPSA) is 51.5 Å². The Morgan fingerprint density at radius 1 is 1.06 bits per heavy atom. The van der Waals surface area contributed by atoms with Gasteiger partial charge >= 0.3 is 5.97 Å². The van der Waals surface area contributed by atoms with Crippen LogP contribution in [0.5, 0.6) is 0 Å². The average Bonchev–Trinajstić information content (AvgIpc) is 3.12. The minimum absolute atomic E-state index is 0.0265. The largest absolute Gasteiger partial charge is 0.479 e. The van der Waals surface area contributed by atoms with Crippen molar-refractivity contribution in [3.8, 4) is 11.1 Å². The number of halogens is 1. The van der Waals surface area contributed by atoms with Crippen molar-refractivity contribution in [2.75, 3.05) is 0 Å². The first-order valence-corrected chi connectivity index (χ1v) is 15.3. The number of aromatic nitrogens is 1. The molecule has 0 aliphatic carbocycles. The predicted molar refractivity (Wildman–Crippen MR) is 145 cm³/mol. The van der Waals surface area contributed by atoms with Gasteiger partial charge in [-0.05, 0) is 62.5 Å². The van der Waals surface area contributed by atoms with Gasteiger partial charge in [0, 0.05) is 27.9 Å². The second-order valence-corrected chi connectivity index (χ2v) is 13.6. The number of carboxylic acid groups (broad SMARTS) is 1. The fraction of sp³-hybridized carbons (Fsp3) is 0.483. The zero-order valence-corrected chi connectivity index (χ0v) is 23.7. The Labute approximate surface area is 210 Å². The van der Waals surface area contributed by atoms with E-state index in [4.69, 9.17) is 4.43 Å². The normalized spacial score (nSPS) is 16.0. The summed E-state index contributed by atoms with van der Waals surface area (Å²) in [6.45, 7) is 18.6. The molecular formula is C29H40FNO3Si. The molecule has 0 fully saturated rings. The number of aliphatic carboxylic acids is 1. The van der Waals surface area contributed by atoms with Crippen molar-refractivity contribution in [2.24, 2.45) is 10.8 Å². The molecule has 1 unspecified atom stereocenters. The fourth-order valence-corrected chi connectivity index (χ4v) is 6.73. The van der Waals surface area contributed by atoms with Crippen LogP contribution in [0, 0.1) is 16.6 Å². The number of fused-ring (bicyclic) bond motifs is 1. The molecule has 6 heteroatoms. The van der Waals surface area contributed by atoms with Gasteiger partial charge in [0.15, 0.2) is 9.04 Å². The summed E-state index contributed by atoms with van der Waals surface area (Å²) in [5.74, 6) is -1.31. The Bertz CT molecular complexity index is 1210. The Morgan fingerprint density at radius 2 is 1.63 bits per heavy atom. The third kappa shape index (κ3) is 4.25. The van der Waals surface area contributed by atoms with Crippen molar-refractivity contribution in [1.82, 2.24) is 4.57 Å². The Hall–Kier alpha value is -2.44. The summed E-state index contributed by atoms with van der Waals surface area (Å²) in [4.78, 5) is 13.7. The van der Waals surface area contributed by atoms with Gasteiger partial charge in [-0.25, -0.2) is 9.18 Å². The molecule has 1 heterocycles. The number of carboxylic acids is 1. The molecule has 0 spiro atoms. The molecule has 0 radical (unpaired) electrons. The van der Waals surface area contributed by atoms with Gasteiger partial charge in [-0.2, -0.15) is 0 Å². The third-order valence-electron chi connectivity index (χ3n) is 7.75. The lowest BCUT2D eigenvalue weighted by molar-refractivity contribution is -0.186. The van der Waals surface area contributed by atoms with Crippen LogP contribution >= 0.6 is 0 Å². The highest BCUT2D eigenvalue weighted by Crippen LogP contribution is 2.59. The van der Waals surface area contributed by atoms with E-state index in [1.54, 1.807) is 12.1 Å². The van der Waals surface area contributed by atoms with E-state index in [2.05, 4.69) is 46.1 Å². The Balaban J connectivity index is 2.69. The first-order valence-electron chi connectivity index (χ1n) is 12.5. The summed E-state index contributed by atoms with van der Waals surface area (Å²) >= 11 is 0. The maximum absolute atomic E-state index is 14.0. The number of rotatable bonds is 8. The molecule has 1 aromatic heterocycles. The first kappa shape index (κ1) is 27.1. The lowest BCUT2D eigenvalue weighted by atomic mass is 9.55. The number of para-hydroxylation sites is 1. The number of hydrogen-bond donors (Lipinski definition) is 1. The molecule has 0 aliphatic rings. The van der Waals surface area contributed by atoms with E-state index in [9.17, 15) is 14.3 Å². The summed E-state index contributed by atoms with van der Waals surface area (Å²) in [6.07, 6.45) is 0.604. The third-order valence-corrected chi connectivity index (χ3v) is 8.57. The van der Waals surface area contributed by atoms with Crippen LogP contribution in [0.2, 0.25) is 13.1 Å². The molecule has 35 heavy (non-hydrogen) atoms. The van der Waals surface area contributed by atoms with Gasteiger partial charge in [0.1, 0.15) is 5.82 Å². The molecule has 2 atom stereocenters. The van der Waals surface area contributed by atoms with Gasteiger partial charge in [-0.1, -0.05) is 65.0 Å². The highest BCUT2D eigenvalue weighted by atomic mass is 28.3. The lowest BCUT2D eigenvalue weighted by Gasteiger charge is -2.54. The average molecular weight is 498 g/mol. The smallest absolute Gasteiger partial charge is 0.341 e. The van der Waals surface area contributed by atoms with Gasteiger partial charge in [0.2, 0.25) is 5.60 Å². The quantitative estimate of drug-likeness (QED) is 0.323. The van der Waals surface area contributed by atoms with Crippen molar-refractivity contribution in [3.05, 3.63) is 60.0 Å². The Morgan fingerprint density at radius 3 is 2.09 bits per heavy atom. The van der Waals surface area contributed by atoms with Crippen LogP contribution in [-0.4, -0.2) is 24.7 Å². The number of carbonyl (C=O) groups is 1. The SMILES string of the molecule is CC[C@@](C)(C(C)(C)C)C(O[SiH](C)C)(C(=O)O)c1c(-c2ccc(F)cc2)c2ccccc2n1C(C)C. The van der Waals surface area contributed by atoms with E-state index < -0.39 is 31.4 Å². The minimum Gasteiger partial charge on any atom is -0.479 e. The minimum atomic E-state index is -1.88. The monoisotopic (exact) mass is 497 g/mol. The molecule has 4 nitrogen and oxygen atoms in total. The van der Waals surface area contributed by atoms with Crippen LogP contribution < -0.4 is 0 Å². The lowest BCUT2D eigenvalue weighted by Crippen LogP contribution is -2.60. The van der Waals surface area contributed by atoms with E-state index in [0.29, 0.717) is 12.1 Å². The highest BCUT2D eigenvalue weighted by molar-refractivity contribution is 6.48. The highest BCUT2D eigenvalue weighted by Gasteiger charge is 2.63. The fourth-order valence-electron chi connectivity index (χ4n) is 5.55. The number of hydrogen-bond acceptors (Lipinski definition) is 2. The molecule has 3 rings (SSSR count). The summed E-state index contributed by atoms with van der Waals surface area (Å²) in [6, 6.07) is 14.3. The van der Waals surface area contributed by atoms with Crippen molar-refractivity contribution in [2.45, 2.75) is 79.6 Å². The molecule has 2 aromatic carbocycles. The molecule has 0 saturated heterocycles. The zero-order chi connectivity index (χ0) is 26.3. The van der Waals surface area contributed by atoms with Crippen molar-refractivity contribution in [1.29, 1.82) is 0 Å². The van der Waals surface area contributed by atoms with Gasteiger partial charge in [0.25, 0.3) is 0 Å². The van der Waals surface area contributed by atoms with Crippen LogP contribution in [0.4, 0.5) is 4.39 Å². The number of benzene rings is 2. The van der Waals surface area contributed by atoms with Crippen LogP contribution in [0.15, 0.2) is 48.5 Å². The zero-order valence-electron chi connectivity index (χ0n) is 22.6. The molecule has 190 valence electrons. The molecule has 1 N–H and O–H groups in total. The maximum Gasteiger partial charge on any atom is 0.341 e. The Kier molecular flexibility index (Phi) is 7.41. The molecule has 0 amide bonds. The molecule has 0 bridgehead atoms. The first-order chi connectivity index (χ1) is 16.2. The van der Waals surface area contributed by atoms with Crippen molar-refractivity contribution < 1.29 is 18.7 Å². The van der Waals surface area contributed by atoms with E-state index in [1.165, 1.54) is 12.1 Å². The van der Waals surface area contributed by atoms with Crippen LogP contribution in [-0.2, 0) is 14.8 Å². The van der Waals surface area contributed by atoms with Crippen LogP contribution in [0.1, 0.15) is 66.6 Å². The van der Waals surface area contributed by atoms with Gasteiger partial charge in [0.05, 0.1) is 5.69 Å². The number of nitrogens with zero attached hydrogens (tertiary/aromatic N) is 1. The summed E-state index contributed by atoms with van der Waals surface area (Å²) in [5.41, 5.74) is 0.394. The van der Waals surface area contributed by atoms with E-state index >= 15 is 0 Å². The second kappa shape index (κ2) is 9.55. The van der Waals surface area contributed by atoms with E-state index in [1.807, 2.05) is 44.3 Å². The summed E-state index contributed by atoms with van der Waals surface area (Å²) in [7, 11) is -1.88. The summed E-state index contributed by atoms with van der Waals surface area (Å²) < 4.78 is 22.9. The molecule has 0 aliphatic heterocycles. The van der Waals surface area contributed by atoms with Crippen LogP contribution in [0.3, 0.4) is 0 Å². The van der Waals surface area contributed by atoms with E-state index in [0.717, 1.165) is 22.0 Å².